The standard InChI is InChI=1S/C29H28FN3O4S/c1-18(2)16-33-28(36)24-13-8-21(27(35)31-15-19-4-9-22(30)10-5-19)14-25(24)32-29(33)38-17-26(34)20-6-11-23(37-3)12-7-20/h4-14,18H,15-17H2,1-3H3,(H,31,35). The Balaban J connectivity index is 1.58. The first kappa shape index (κ1) is 27.1. The van der Waals surface area contributed by atoms with Gasteiger partial charge in [0.1, 0.15) is 11.6 Å². The van der Waals surface area contributed by atoms with Gasteiger partial charge in [-0.3, -0.25) is 19.0 Å². The van der Waals surface area contributed by atoms with Crippen molar-refractivity contribution in [1.82, 2.24) is 14.9 Å². The van der Waals surface area contributed by atoms with Crippen molar-refractivity contribution in [3.05, 3.63) is 99.6 Å². The second kappa shape index (κ2) is 12.0. The molecule has 0 saturated carbocycles. The molecule has 1 aromatic heterocycles. The smallest absolute Gasteiger partial charge is 0.262 e. The van der Waals surface area contributed by atoms with Gasteiger partial charge in [0.15, 0.2) is 10.9 Å². The monoisotopic (exact) mass is 533 g/mol. The quantitative estimate of drug-likeness (QED) is 0.173. The zero-order valence-corrected chi connectivity index (χ0v) is 22.2. The van der Waals surface area contributed by atoms with Crippen LogP contribution in [0.1, 0.15) is 40.1 Å². The van der Waals surface area contributed by atoms with E-state index in [0.29, 0.717) is 39.5 Å². The number of carbonyl (C=O) groups is 2. The van der Waals surface area contributed by atoms with Crippen molar-refractivity contribution in [1.29, 1.82) is 0 Å². The molecule has 0 atom stereocenters. The Hall–Kier alpha value is -3.98. The molecule has 0 aliphatic carbocycles. The van der Waals surface area contributed by atoms with E-state index in [2.05, 4.69) is 10.3 Å². The van der Waals surface area contributed by atoms with Crippen LogP contribution >= 0.6 is 11.8 Å². The van der Waals surface area contributed by atoms with E-state index in [-0.39, 0.29) is 41.3 Å². The Morgan fingerprint density at radius 1 is 1.03 bits per heavy atom. The second-order valence-corrected chi connectivity index (χ2v) is 10.1. The van der Waals surface area contributed by atoms with E-state index in [9.17, 15) is 18.8 Å². The summed E-state index contributed by atoms with van der Waals surface area (Å²) >= 11 is 1.19. The predicted molar refractivity (Wildman–Crippen MR) is 146 cm³/mol. The number of methoxy groups -OCH3 is 1. The summed E-state index contributed by atoms with van der Waals surface area (Å²) in [7, 11) is 1.56. The number of carbonyl (C=O) groups excluding carboxylic acids is 2. The first-order chi connectivity index (χ1) is 18.2. The summed E-state index contributed by atoms with van der Waals surface area (Å²) < 4.78 is 19.9. The van der Waals surface area contributed by atoms with Gasteiger partial charge in [-0.25, -0.2) is 9.37 Å². The van der Waals surface area contributed by atoms with Crippen molar-refractivity contribution < 1.29 is 18.7 Å². The lowest BCUT2D eigenvalue weighted by Gasteiger charge is -2.15. The Morgan fingerprint density at radius 2 is 1.71 bits per heavy atom. The van der Waals surface area contributed by atoms with Crippen LogP contribution in [0.25, 0.3) is 10.9 Å². The van der Waals surface area contributed by atoms with Crippen LogP contribution in [0.4, 0.5) is 4.39 Å². The molecule has 9 heteroatoms. The molecule has 38 heavy (non-hydrogen) atoms. The molecule has 0 aliphatic heterocycles. The maximum Gasteiger partial charge on any atom is 0.262 e. The van der Waals surface area contributed by atoms with Crippen molar-refractivity contribution in [2.24, 2.45) is 5.92 Å². The topological polar surface area (TPSA) is 90.3 Å². The molecule has 4 rings (SSSR count). The number of aromatic nitrogens is 2. The Labute approximate surface area is 224 Å². The minimum Gasteiger partial charge on any atom is -0.497 e. The maximum absolute atomic E-state index is 13.4. The number of ketones is 1. The number of Topliss-reactive ketones (excluding diaryl/α,β-unsaturated/α-hetero) is 1. The predicted octanol–water partition coefficient (Wildman–Crippen LogP) is 5.11. The van der Waals surface area contributed by atoms with Gasteiger partial charge in [-0.05, 0) is 66.1 Å². The summed E-state index contributed by atoms with van der Waals surface area (Å²) in [5.74, 6) is 0.155. The number of nitrogens with zero attached hydrogens (tertiary/aromatic N) is 2. The summed E-state index contributed by atoms with van der Waals surface area (Å²) in [5, 5.41) is 3.61. The lowest BCUT2D eigenvalue weighted by atomic mass is 10.1. The van der Waals surface area contributed by atoms with Gasteiger partial charge in [0.05, 0.1) is 23.8 Å². The maximum atomic E-state index is 13.4. The number of halogens is 1. The Morgan fingerprint density at radius 3 is 2.37 bits per heavy atom. The molecule has 7 nitrogen and oxygen atoms in total. The average Bonchev–Trinajstić information content (AvgIpc) is 2.92. The molecule has 0 saturated heterocycles. The van der Waals surface area contributed by atoms with Crippen LogP contribution in [0, 0.1) is 11.7 Å². The molecule has 1 amide bonds. The summed E-state index contributed by atoms with van der Waals surface area (Å²) in [6.07, 6.45) is 0. The summed E-state index contributed by atoms with van der Waals surface area (Å²) in [6.45, 7) is 4.68. The number of nitrogens with one attached hydrogen (secondary N) is 1. The molecule has 4 aromatic rings. The lowest BCUT2D eigenvalue weighted by molar-refractivity contribution is 0.0950. The molecule has 0 fully saturated rings. The van der Waals surface area contributed by atoms with Crippen molar-refractivity contribution in [2.45, 2.75) is 32.1 Å². The highest BCUT2D eigenvalue weighted by Gasteiger charge is 2.17. The fourth-order valence-electron chi connectivity index (χ4n) is 3.86. The van der Waals surface area contributed by atoms with Crippen LogP contribution in [0.15, 0.2) is 76.7 Å². The largest absolute Gasteiger partial charge is 0.497 e. The number of rotatable bonds is 10. The molecule has 0 aliphatic rings. The van der Waals surface area contributed by atoms with Crippen molar-refractivity contribution >= 4 is 34.4 Å². The molecular formula is C29H28FN3O4S. The van der Waals surface area contributed by atoms with Gasteiger partial charge in [0.25, 0.3) is 11.5 Å². The summed E-state index contributed by atoms with van der Waals surface area (Å²) in [5.41, 5.74) is 1.80. The minimum atomic E-state index is -0.344. The molecule has 1 N–H and O–H groups in total. The number of fused-ring (bicyclic) bond motifs is 1. The lowest BCUT2D eigenvalue weighted by Crippen LogP contribution is -2.26. The van der Waals surface area contributed by atoms with Gasteiger partial charge in [0.2, 0.25) is 0 Å². The van der Waals surface area contributed by atoms with E-state index in [1.54, 1.807) is 66.3 Å². The third-order valence-electron chi connectivity index (χ3n) is 5.84. The first-order valence-electron chi connectivity index (χ1n) is 12.1. The fraction of sp³-hybridized carbons (Fsp3) is 0.241. The molecular weight excluding hydrogens is 505 g/mol. The van der Waals surface area contributed by atoms with Gasteiger partial charge in [-0.2, -0.15) is 0 Å². The van der Waals surface area contributed by atoms with E-state index >= 15 is 0 Å². The van der Waals surface area contributed by atoms with E-state index in [0.717, 1.165) is 5.56 Å². The van der Waals surface area contributed by atoms with Crippen LogP contribution in [0.2, 0.25) is 0 Å². The highest BCUT2D eigenvalue weighted by Crippen LogP contribution is 2.22. The van der Waals surface area contributed by atoms with Crippen LogP contribution < -0.4 is 15.6 Å². The summed E-state index contributed by atoms with van der Waals surface area (Å²) in [4.78, 5) is 43.6. The van der Waals surface area contributed by atoms with Crippen LogP contribution in [-0.2, 0) is 13.1 Å². The van der Waals surface area contributed by atoms with Gasteiger partial charge < -0.3 is 10.1 Å². The van der Waals surface area contributed by atoms with Gasteiger partial charge >= 0.3 is 0 Å². The van der Waals surface area contributed by atoms with Gasteiger partial charge in [0, 0.05) is 24.2 Å². The second-order valence-electron chi connectivity index (χ2n) is 9.19. The van der Waals surface area contributed by atoms with Crippen molar-refractivity contribution in [2.75, 3.05) is 12.9 Å². The normalized spacial score (nSPS) is 11.1. The summed E-state index contributed by atoms with van der Waals surface area (Å²) in [6, 6.07) is 17.5. The molecule has 0 unspecified atom stereocenters. The van der Waals surface area contributed by atoms with Gasteiger partial charge in [-0.1, -0.05) is 37.7 Å². The molecule has 0 bridgehead atoms. The van der Waals surface area contributed by atoms with Crippen LogP contribution in [0.5, 0.6) is 5.75 Å². The number of amides is 1. The van der Waals surface area contributed by atoms with Gasteiger partial charge in [-0.15, -0.1) is 0 Å². The van der Waals surface area contributed by atoms with E-state index in [1.165, 1.54) is 23.9 Å². The SMILES string of the molecule is COc1ccc(C(=O)CSc2nc3cc(C(=O)NCc4ccc(F)cc4)ccc3c(=O)n2CC(C)C)cc1. The number of hydrogen-bond acceptors (Lipinski definition) is 6. The van der Waals surface area contributed by atoms with E-state index in [1.807, 2.05) is 13.8 Å². The fourth-order valence-corrected chi connectivity index (χ4v) is 4.76. The van der Waals surface area contributed by atoms with E-state index in [4.69, 9.17) is 4.74 Å². The van der Waals surface area contributed by atoms with Crippen molar-refractivity contribution in [3.63, 3.8) is 0 Å². The van der Waals surface area contributed by atoms with Crippen LogP contribution in [0.3, 0.4) is 0 Å². The zero-order chi connectivity index (χ0) is 27.2. The molecule has 1 heterocycles. The number of thioether (sulfide) groups is 1. The number of benzene rings is 3. The highest BCUT2D eigenvalue weighted by molar-refractivity contribution is 7.99. The Kier molecular flexibility index (Phi) is 8.58. The number of ether oxygens (including phenoxy) is 1. The first-order valence-corrected chi connectivity index (χ1v) is 13.1. The molecule has 3 aromatic carbocycles. The van der Waals surface area contributed by atoms with Crippen molar-refractivity contribution in [3.8, 4) is 5.75 Å². The third-order valence-corrected chi connectivity index (χ3v) is 6.82. The Bertz CT molecular complexity index is 1520. The molecule has 196 valence electrons. The van der Waals surface area contributed by atoms with E-state index < -0.39 is 0 Å². The zero-order valence-electron chi connectivity index (χ0n) is 21.4. The van der Waals surface area contributed by atoms with Crippen LogP contribution in [-0.4, -0.2) is 34.1 Å². The minimum absolute atomic E-state index is 0.0974. The molecule has 0 radical (unpaired) electrons. The third kappa shape index (κ3) is 6.47. The highest BCUT2D eigenvalue weighted by atomic mass is 32.2. The molecule has 0 spiro atoms. The number of hydrogen-bond donors (Lipinski definition) is 1. The average molecular weight is 534 g/mol.